The minimum atomic E-state index is -0.422. The molecule has 3 N–H and O–H groups in total. The monoisotopic (exact) mass is 201 g/mol. The summed E-state index contributed by atoms with van der Waals surface area (Å²) in [4.78, 5) is 13.5. The lowest BCUT2D eigenvalue weighted by Crippen LogP contribution is -2.47. The second-order valence-corrected chi connectivity index (χ2v) is 3.68. The molecule has 0 aliphatic rings. The van der Waals surface area contributed by atoms with Gasteiger partial charge >= 0.3 is 0 Å². The number of nitrogens with zero attached hydrogens (tertiary/aromatic N) is 1. The molecule has 0 rings (SSSR count). The van der Waals surface area contributed by atoms with Crippen molar-refractivity contribution in [2.75, 3.05) is 19.6 Å². The topological polar surface area (TPSA) is 58.4 Å². The van der Waals surface area contributed by atoms with Crippen LogP contribution >= 0.6 is 0 Å². The zero-order valence-electron chi connectivity index (χ0n) is 9.71. The molecule has 1 unspecified atom stereocenters. The van der Waals surface area contributed by atoms with Gasteiger partial charge in [0.05, 0.1) is 6.04 Å². The van der Waals surface area contributed by atoms with Gasteiger partial charge in [0.2, 0.25) is 5.91 Å². The van der Waals surface area contributed by atoms with Gasteiger partial charge in [0.15, 0.2) is 0 Å². The number of rotatable bonds is 6. The molecular formula is C10H23N3O. The van der Waals surface area contributed by atoms with Crippen LogP contribution in [0.25, 0.3) is 0 Å². The number of carbonyl (C=O) groups is 1. The predicted molar refractivity (Wildman–Crippen MR) is 59.0 cm³/mol. The summed E-state index contributed by atoms with van der Waals surface area (Å²) in [5.74, 6) is -0.0790. The summed E-state index contributed by atoms with van der Waals surface area (Å²) in [6.45, 7) is 10.8. The lowest BCUT2D eigenvalue weighted by atomic mass is 10.2. The molecule has 4 nitrogen and oxygen atoms in total. The molecule has 0 aliphatic heterocycles. The van der Waals surface area contributed by atoms with Crippen molar-refractivity contribution in [1.29, 1.82) is 0 Å². The molecule has 0 fully saturated rings. The third kappa shape index (κ3) is 5.19. The summed E-state index contributed by atoms with van der Waals surface area (Å²) in [6.07, 6.45) is 0. The van der Waals surface area contributed by atoms with E-state index in [1.54, 1.807) is 6.92 Å². The van der Waals surface area contributed by atoms with Gasteiger partial charge in [-0.15, -0.1) is 0 Å². The van der Waals surface area contributed by atoms with Crippen LogP contribution in [0.2, 0.25) is 0 Å². The number of amides is 1. The molecule has 0 aliphatic carbocycles. The van der Waals surface area contributed by atoms with Crippen LogP contribution in [0.5, 0.6) is 0 Å². The zero-order chi connectivity index (χ0) is 11.1. The molecule has 0 aromatic heterocycles. The molecule has 84 valence electrons. The van der Waals surface area contributed by atoms with Crippen molar-refractivity contribution in [2.45, 2.75) is 39.8 Å². The number of nitrogens with two attached hydrogens (primary N) is 1. The first-order valence-electron chi connectivity index (χ1n) is 5.29. The van der Waals surface area contributed by atoms with E-state index in [9.17, 15) is 4.79 Å². The van der Waals surface area contributed by atoms with E-state index in [1.807, 2.05) is 6.92 Å². The van der Waals surface area contributed by atoms with Gasteiger partial charge in [-0.3, -0.25) is 4.79 Å². The standard InChI is InChI=1S/C10H23N3O/c1-5-13(6-2)7-8(3)12-10(14)9(4)11/h8-9H,5-7,11H2,1-4H3,(H,12,14)/t8?,9-/m0/s1. The smallest absolute Gasteiger partial charge is 0.236 e. The summed E-state index contributed by atoms with van der Waals surface area (Å²) in [7, 11) is 0. The van der Waals surface area contributed by atoms with Gasteiger partial charge in [-0.2, -0.15) is 0 Å². The van der Waals surface area contributed by atoms with E-state index in [-0.39, 0.29) is 11.9 Å². The Labute approximate surface area is 86.8 Å². The fraction of sp³-hybridized carbons (Fsp3) is 0.900. The van der Waals surface area contributed by atoms with Gasteiger partial charge < -0.3 is 16.0 Å². The first-order chi connectivity index (χ1) is 6.51. The molecule has 4 heteroatoms. The molecule has 0 saturated carbocycles. The quantitative estimate of drug-likeness (QED) is 0.644. The van der Waals surface area contributed by atoms with Gasteiger partial charge in [-0.25, -0.2) is 0 Å². The second kappa shape index (κ2) is 6.79. The van der Waals surface area contributed by atoms with Crippen molar-refractivity contribution in [3.05, 3.63) is 0 Å². The van der Waals surface area contributed by atoms with Crippen molar-refractivity contribution in [3.63, 3.8) is 0 Å². The summed E-state index contributed by atoms with van der Waals surface area (Å²) < 4.78 is 0. The number of hydrogen-bond donors (Lipinski definition) is 2. The first-order valence-corrected chi connectivity index (χ1v) is 5.29. The van der Waals surface area contributed by atoms with Gasteiger partial charge in [-0.05, 0) is 26.9 Å². The molecule has 2 atom stereocenters. The van der Waals surface area contributed by atoms with Crippen molar-refractivity contribution in [2.24, 2.45) is 5.73 Å². The summed E-state index contributed by atoms with van der Waals surface area (Å²) in [6, 6.07) is -0.262. The minimum absolute atomic E-state index is 0.0790. The zero-order valence-corrected chi connectivity index (χ0v) is 9.71. The maximum absolute atomic E-state index is 11.3. The third-order valence-corrected chi connectivity index (χ3v) is 2.23. The highest BCUT2D eigenvalue weighted by molar-refractivity contribution is 5.81. The van der Waals surface area contributed by atoms with E-state index in [4.69, 9.17) is 5.73 Å². The van der Waals surface area contributed by atoms with Gasteiger partial charge in [0.1, 0.15) is 0 Å². The average molecular weight is 201 g/mol. The SMILES string of the molecule is CCN(CC)CC(C)NC(=O)[C@H](C)N. The molecule has 1 amide bonds. The van der Waals surface area contributed by atoms with Crippen LogP contribution in [0.4, 0.5) is 0 Å². The second-order valence-electron chi connectivity index (χ2n) is 3.68. The molecule has 0 aromatic rings. The Hall–Kier alpha value is -0.610. The van der Waals surface area contributed by atoms with Crippen LogP contribution in [0.1, 0.15) is 27.7 Å². The molecule has 0 saturated heterocycles. The van der Waals surface area contributed by atoms with E-state index in [0.29, 0.717) is 0 Å². The van der Waals surface area contributed by atoms with Crippen LogP contribution in [0.15, 0.2) is 0 Å². The van der Waals surface area contributed by atoms with Crippen LogP contribution in [-0.4, -0.2) is 42.5 Å². The van der Waals surface area contributed by atoms with Crippen molar-refractivity contribution < 1.29 is 4.79 Å². The lowest BCUT2D eigenvalue weighted by Gasteiger charge is -2.23. The van der Waals surface area contributed by atoms with Crippen molar-refractivity contribution >= 4 is 5.91 Å². The number of likely N-dealkylation sites (N-methyl/N-ethyl adjacent to an activating group) is 1. The summed E-state index contributed by atoms with van der Waals surface area (Å²) >= 11 is 0. The Morgan fingerprint density at radius 2 is 1.86 bits per heavy atom. The first kappa shape index (κ1) is 13.4. The Balaban J connectivity index is 3.84. The molecule has 0 aromatic carbocycles. The highest BCUT2D eigenvalue weighted by Gasteiger charge is 2.12. The predicted octanol–water partition coefficient (Wildman–Crippen LogP) is 0.180. The van der Waals surface area contributed by atoms with Gasteiger partial charge in [-0.1, -0.05) is 13.8 Å². The Morgan fingerprint density at radius 1 is 1.36 bits per heavy atom. The van der Waals surface area contributed by atoms with Gasteiger partial charge in [0.25, 0.3) is 0 Å². The van der Waals surface area contributed by atoms with Crippen LogP contribution < -0.4 is 11.1 Å². The van der Waals surface area contributed by atoms with E-state index >= 15 is 0 Å². The molecule has 0 radical (unpaired) electrons. The molecule has 0 bridgehead atoms. The maximum Gasteiger partial charge on any atom is 0.236 e. The lowest BCUT2D eigenvalue weighted by molar-refractivity contribution is -0.122. The van der Waals surface area contributed by atoms with Crippen LogP contribution in [0.3, 0.4) is 0 Å². The summed E-state index contributed by atoms with van der Waals surface area (Å²) in [5, 5.41) is 2.87. The molecule has 0 spiro atoms. The average Bonchev–Trinajstić information content (AvgIpc) is 2.13. The highest BCUT2D eigenvalue weighted by Crippen LogP contribution is 1.92. The molecule has 0 heterocycles. The molecular weight excluding hydrogens is 178 g/mol. The van der Waals surface area contributed by atoms with Crippen LogP contribution in [0, 0.1) is 0 Å². The normalized spacial score (nSPS) is 15.3. The van der Waals surface area contributed by atoms with E-state index < -0.39 is 6.04 Å². The number of hydrogen-bond acceptors (Lipinski definition) is 3. The molecule has 14 heavy (non-hydrogen) atoms. The Morgan fingerprint density at radius 3 is 2.21 bits per heavy atom. The van der Waals surface area contributed by atoms with Crippen molar-refractivity contribution in [1.82, 2.24) is 10.2 Å². The Kier molecular flexibility index (Phi) is 6.49. The fourth-order valence-electron chi connectivity index (χ4n) is 1.29. The highest BCUT2D eigenvalue weighted by atomic mass is 16.2. The summed E-state index contributed by atoms with van der Waals surface area (Å²) in [5.41, 5.74) is 5.45. The Bertz CT molecular complexity index is 167. The van der Waals surface area contributed by atoms with E-state index in [1.165, 1.54) is 0 Å². The minimum Gasteiger partial charge on any atom is -0.351 e. The van der Waals surface area contributed by atoms with Gasteiger partial charge in [0, 0.05) is 12.6 Å². The van der Waals surface area contributed by atoms with E-state index in [2.05, 4.69) is 24.1 Å². The largest absolute Gasteiger partial charge is 0.351 e. The number of nitrogens with one attached hydrogen (secondary N) is 1. The van der Waals surface area contributed by atoms with Crippen molar-refractivity contribution in [3.8, 4) is 0 Å². The number of carbonyl (C=O) groups excluding carboxylic acids is 1. The third-order valence-electron chi connectivity index (χ3n) is 2.23. The van der Waals surface area contributed by atoms with Crippen LogP contribution in [-0.2, 0) is 4.79 Å². The van der Waals surface area contributed by atoms with E-state index in [0.717, 1.165) is 19.6 Å². The fourth-order valence-corrected chi connectivity index (χ4v) is 1.29. The maximum atomic E-state index is 11.3.